The third-order valence-electron chi connectivity index (χ3n) is 3.19. The van der Waals surface area contributed by atoms with E-state index in [4.69, 9.17) is 22.2 Å². The number of phenolic OH excluding ortho intramolecular Hbond substituents is 1. The Hall–Kier alpha value is -2.90. The lowest BCUT2D eigenvalue weighted by Crippen LogP contribution is -2.26. The van der Waals surface area contributed by atoms with Crippen molar-refractivity contribution in [2.75, 3.05) is 13.2 Å². The van der Waals surface area contributed by atoms with Crippen LogP contribution in [0.1, 0.15) is 11.1 Å². The molecular weight excluding hydrogens is 340 g/mol. The molecule has 0 fully saturated rings. The number of hydroxylamine groups is 1. The van der Waals surface area contributed by atoms with E-state index in [0.717, 1.165) is 5.56 Å². The first kappa shape index (κ1) is 18.4. The zero-order valence-corrected chi connectivity index (χ0v) is 14.1. The molecule has 0 heterocycles. The number of amides is 1. The molecule has 0 unspecified atom stereocenters. The zero-order chi connectivity index (χ0) is 18.1. The Kier molecular flexibility index (Phi) is 6.94. The van der Waals surface area contributed by atoms with Gasteiger partial charge in [0.2, 0.25) is 5.91 Å². The Morgan fingerprint density at radius 3 is 2.64 bits per heavy atom. The molecular formula is C18H18N2O4S. The van der Waals surface area contributed by atoms with Crippen molar-refractivity contribution >= 4 is 29.2 Å². The Bertz CT molecular complexity index is 760. The highest BCUT2D eigenvalue weighted by Gasteiger charge is 2.01. The number of phenols is 1. The molecule has 2 rings (SSSR count). The van der Waals surface area contributed by atoms with Gasteiger partial charge in [-0.2, -0.15) is 0 Å². The van der Waals surface area contributed by atoms with E-state index in [1.165, 1.54) is 6.08 Å². The predicted molar refractivity (Wildman–Crippen MR) is 98.7 cm³/mol. The summed E-state index contributed by atoms with van der Waals surface area (Å²) in [6, 6.07) is 13.5. The van der Waals surface area contributed by atoms with Gasteiger partial charge in [-0.25, -0.2) is 0 Å². The lowest BCUT2D eigenvalue weighted by molar-refractivity contribution is -0.116. The van der Waals surface area contributed by atoms with Crippen molar-refractivity contribution in [1.82, 2.24) is 10.8 Å². The Balaban J connectivity index is 1.71. The van der Waals surface area contributed by atoms with Gasteiger partial charge in [0.15, 0.2) is 0 Å². The number of aromatic hydroxyl groups is 1. The van der Waals surface area contributed by atoms with Gasteiger partial charge in [-0.1, -0.05) is 24.4 Å². The summed E-state index contributed by atoms with van der Waals surface area (Å²) in [6.07, 6.45) is 3.01. The number of rotatable bonds is 7. The number of nitrogens with one attached hydrogen (secondary N) is 2. The molecule has 0 aromatic heterocycles. The largest absolute Gasteiger partial charge is 0.508 e. The zero-order valence-electron chi connectivity index (χ0n) is 13.3. The average molecular weight is 358 g/mol. The van der Waals surface area contributed by atoms with E-state index in [0.29, 0.717) is 24.5 Å². The number of thiocarbonyl (C=S) groups is 1. The molecule has 0 aliphatic carbocycles. The van der Waals surface area contributed by atoms with Gasteiger partial charge >= 0.3 is 0 Å². The van der Waals surface area contributed by atoms with Crippen molar-refractivity contribution < 1.29 is 19.8 Å². The Morgan fingerprint density at radius 2 is 1.96 bits per heavy atom. The van der Waals surface area contributed by atoms with E-state index in [2.05, 4.69) is 5.32 Å². The van der Waals surface area contributed by atoms with E-state index in [1.54, 1.807) is 54.6 Å². The third kappa shape index (κ3) is 6.25. The minimum atomic E-state index is -0.248. The second-order valence-electron chi connectivity index (χ2n) is 5.03. The molecule has 0 aliphatic rings. The monoisotopic (exact) mass is 358 g/mol. The topological polar surface area (TPSA) is 90.8 Å². The first-order valence-corrected chi connectivity index (χ1v) is 7.91. The molecule has 0 atom stereocenters. The molecule has 4 N–H and O–H groups in total. The van der Waals surface area contributed by atoms with E-state index < -0.39 is 0 Å². The van der Waals surface area contributed by atoms with E-state index >= 15 is 0 Å². The molecule has 6 nitrogen and oxygen atoms in total. The van der Waals surface area contributed by atoms with Crippen LogP contribution in [0.3, 0.4) is 0 Å². The summed E-state index contributed by atoms with van der Waals surface area (Å²) in [4.78, 5) is 11.9. The molecule has 0 bridgehead atoms. The molecule has 130 valence electrons. The number of carbonyl (C=O) groups excluding carboxylic acids is 1. The summed E-state index contributed by atoms with van der Waals surface area (Å²) < 4.78 is 5.51. The third-order valence-corrected chi connectivity index (χ3v) is 3.51. The highest BCUT2D eigenvalue weighted by Crippen LogP contribution is 2.13. The fourth-order valence-electron chi connectivity index (χ4n) is 1.97. The van der Waals surface area contributed by atoms with Crippen LogP contribution in [0, 0.1) is 0 Å². The number of carbonyl (C=O) groups is 1. The predicted octanol–water partition coefficient (Wildman–Crippen LogP) is 2.25. The first-order chi connectivity index (χ1) is 12.1. The Morgan fingerprint density at radius 1 is 1.20 bits per heavy atom. The van der Waals surface area contributed by atoms with Crippen LogP contribution in [0.5, 0.6) is 11.5 Å². The smallest absolute Gasteiger partial charge is 0.244 e. The summed E-state index contributed by atoms with van der Waals surface area (Å²) in [6.45, 7) is 0.662. The first-order valence-electron chi connectivity index (χ1n) is 7.51. The summed E-state index contributed by atoms with van der Waals surface area (Å²) >= 11 is 4.90. The number of ether oxygens (including phenoxy) is 1. The Labute approximate surface area is 150 Å². The van der Waals surface area contributed by atoms with Gasteiger partial charge in [0.05, 0.1) is 6.54 Å². The van der Waals surface area contributed by atoms with Crippen LogP contribution < -0.4 is 15.5 Å². The van der Waals surface area contributed by atoms with Crippen molar-refractivity contribution in [3.8, 4) is 11.5 Å². The molecule has 25 heavy (non-hydrogen) atoms. The van der Waals surface area contributed by atoms with Crippen LogP contribution >= 0.6 is 12.2 Å². The van der Waals surface area contributed by atoms with Crippen LogP contribution in [-0.4, -0.2) is 34.4 Å². The van der Waals surface area contributed by atoms with Crippen molar-refractivity contribution in [1.29, 1.82) is 0 Å². The molecule has 0 saturated carbocycles. The van der Waals surface area contributed by atoms with Crippen LogP contribution in [0.15, 0.2) is 54.6 Å². The lowest BCUT2D eigenvalue weighted by atomic mass is 10.2. The van der Waals surface area contributed by atoms with Gasteiger partial charge in [-0.05, 0) is 48.0 Å². The standard InChI is InChI=1S/C18H18N2O4S/c21-15-3-1-2-13(12-15)4-9-17(22)19-10-11-24-16-7-5-14(6-8-16)18(25)20-23/h1-9,12,21,23H,10-11H2,(H,19,22)(H,20,25)/b9-4+. The van der Waals surface area contributed by atoms with Crippen molar-refractivity contribution in [3.63, 3.8) is 0 Å². The molecule has 0 saturated heterocycles. The molecule has 0 spiro atoms. The molecule has 2 aromatic rings. The molecule has 1 amide bonds. The summed E-state index contributed by atoms with van der Waals surface area (Å²) in [5.41, 5.74) is 3.33. The quantitative estimate of drug-likeness (QED) is 0.263. The van der Waals surface area contributed by atoms with Gasteiger partial charge in [-0.15, -0.1) is 0 Å². The van der Waals surface area contributed by atoms with E-state index in [-0.39, 0.29) is 16.6 Å². The highest BCUT2D eigenvalue weighted by molar-refractivity contribution is 7.80. The van der Waals surface area contributed by atoms with Crippen LogP contribution in [0.4, 0.5) is 0 Å². The van der Waals surface area contributed by atoms with Crippen molar-refractivity contribution in [2.45, 2.75) is 0 Å². The molecule has 2 aromatic carbocycles. The summed E-state index contributed by atoms with van der Waals surface area (Å²) in [7, 11) is 0. The van der Waals surface area contributed by atoms with Crippen LogP contribution in [0.25, 0.3) is 6.08 Å². The molecule has 0 aliphatic heterocycles. The summed E-state index contributed by atoms with van der Waals surface area (Å²) in [5.74, 6) is 0.535. The maximum absolute atomic E-state index is 11.7. The van der Waals surface area contributed by atoms with Crippen molar-refractivity contribution in [3.05, 3.63) is 65.7 Å². The van der Waals surface area contributed by atoms with Crippen LogP contribution in [-0.2, 0) is 4.79 Å². The summed E-state index contributed by atoms with van der Waals surface area (Å²) in [5, 5.41) is 20.8. The molecule has 7 heteroatoms. The number of benzene rings is 2. The van der Waals surface area contributed by atoms with E-state index in [9.17, 15) is 9.90 Å². The fourth-order valence-corrected chi connectivity index (χ4v) is 2.11. The average Bonchev–Trinajstić information content (AvgIpc) is 2.63. The van der Waals surface area contributed by atoms with Crippen molar-refractivity contribution in [2.24, 2.45) is 0 Å². The molecule has 0 radical (unpaired) electrons. The highest BCUT2D eigenvalue weighted by atomic mass is 32.1. The second kappa shape index (κ2) is 9.41. The van der Waals surface area contributed by atoms with Gasteiger partial charge < -0.3 is 15.2 Å². The van der Waals surface area contributed by atoms with Gasteiger partial charge in [0.25, 0.3) is 0 Å². The number of hydrogen-bond donors (Lipinski definition) is 4. The number of hydrogen-bond acceptors (Lipinski definition) is 5. The SMILES string of the molecule is O=C(/C=C/c1cccc(O)c1)NCCOc1ccc(C(=S)NO)cc1. The van der Waals surface area contributed by atoms with Gasteiger partial charge in [0.1, 0.15) is 23.1 Å². The minimum Gasteiger partial charge on any atom is -0.508 e. The lowest BCUT2D eigenvalue weighted by Gasteiger charge is -2.08. The normalized spacial score (nSPS) is 10.4. The van der Waals surface area contributed by atoms with E-state index in [1.807, 2.05) is 5.48 Å². The maximum Gasteiger partial charge on any atom is 0.244 e. The maximum atomic E-state index is 11.7. The van der Waals surface area contributed by atoms with Crippen LogP contribution in [0.2, 0.25) is 0 Å². The van der Waals surface area contributed by atoms with Gasteiger partial charge in [0, 0.05) is 11.6 Å². The van der Waals surface area contributed by atoms with Gasteiger partial charge in [-0.3, -0.25) is 15.5 Å². The minimum absolute atomic E-state index is 0.150. The second-order valence-corrected chi connectivity index (χ2v) is 5.44. The fraction of sp³-hybridized carbons (Fsp3) is 0.111.